The molecule has 0 saturated heterocycles. The van der Waals surface area contributed by atoms with Crippen LogP contribution in [0, 0.1) is 5.92 Å². The Hall–Kier alpha value is -0.570. The molecule has 0 aromatic rings. The zero-order valence-corrected chi connectivity index (χ0v) is 10.9. The average Bonchev–Trinajstić information content (AvgIpc) is 2.29. The summed E-state index contributed by atoms with van der Waals surface area (Å²) in [5.41, 5.74) is 5.16. The van der Waals surface area contributed by atoms with Crippen LogP contribution in [-0.4, -0.2) is 17.5 Å². The van der Waals surface area contributed by atoms with E-state index in [-0.39, 0.29) is 5.91 Å². The maximum absolute atomic E-state index is 11.7. The van der Waals surface area contributed by atoms with Gasteiger partial charge in [0.2, 0.25) is 5.91 Å². The van der Waals surface area contributed by atoms with Crippen molar-refractivity contribution in [3.8, 4) is 0 Å². The molecule has 1 amide bonds. The van der Waals surface area contributed by atoms with Crippen LogP contribution in [0.15, 0.2) is 0 Å². The van der Waals surface area contributed by atoms with Crippen molar-refractivity contribution in [2.45, 2.75) is 70.9 Å². The normalized spacial score (nSPS) is 32.3. The van der Waals surface area contributed by atoms with Crippen LogP contribution in [0.2, 0.25) is 0 Å². The zero-order chi connectivity index (χ0) is 12.2. The van der Waals surface area contributed by atoms with Crippen LogP contribution in [0.4, 0.5) is 0 Å². The number of nitrogens with two attached hydrogens (primary N) is 1. The maximum Gasteiger partial charge on any atom is 0.237 e. The quantitative estimate of drug-likeness (QED) is 0.755. The van der Waals surface area contributed by atoms with Crippen molar-refractivity contribution in [2.75, 3.05) is 0 Å². The van der Waals surface area contributed by atoms with Gasteiger partial charge in [-0.1, -0.05) is 20.3 Å². The molecule has 0 heterocycles. The smallest absolute Gasteiger partial charge is 0.237 e. The molecule has 0 radical (unpaired) electrons. The van der Waals surface area contributed by atoms with Gasteiger partial charge in [0.1, 0.15) is 0 Å². The summed E-state index contributed by atoms with van der Waals surface area (Å²) in [6.45, 7) is 6.48. The van der Waals surface area contributed by atoms with Gasteiger partial charge in [0.05, 0.1) is 5.54 Å². The van der Waals surface area contributed by atoms with E-state index >= 15 is 0 Å². The van der Waals surface area contributed by atoms with E-state index in [0.29, 0.717) is 6.04 Å². The van der Waals surface area contributed by atoms with Gasteiger partial charge < -0.3 is 11.1 Å². The van der Waals surface area contributed by atoms with Gasteiger partial charge in [0.25, 0.3) is 0 Å². The van der Waals surface area contributed by atoms with Crippen LogP contribution in [0.3, 0.4) is 0 Å². The second-order valence-corrected chi connectivity index (χ2v) is 5.25. The Bertz CT molecular complexity index is 232. The standard InChI is InChI=1S/C13H26N2O/c1-4-10(3)15-13(12(14)16)8-6-11(5-2)7-9-13/h10-11,15H,4-9H2,1-3H3,(H2,14,16). The second kappa shape index (κ2) is 5.67. The molecule has 94 valence electrons. The molecule has 1 aliphatic rings. The Balaban J connectivity index is 2.65. The predicted molar refractivity (Wildman–Crippen MR) is 67.1 cm³/mol. The maximum atomic E-state index is 11.7. The number of carbonyl (C=O) groups is 1. The van der Waals surface area contributed by atoms with Crippen molar-refractivity contribution in [3.05, 3.63) is 0 Å². The van der Waals surface area contributed by atoms with Gasteiger partial charge in [-0.05, 0) is 44.9 Å². The van der Waals surface area contributed by atoms with Crippen molar-refractivity contribution >= 4 is 5.91 Å². The number of hydrogen-bond donors (Lipinski definition) is 2. The molecule has 0 aromatic heterocycles. The minimum absolute atomic E-state index is 0.164. The van der Waals surface area contributed by atoms with E-state index in [2.05, 4.69) is 26.1 Å². The highest BCUT2D eigenvalue weighted by atomic mass is 16.1. The Morgan fingerprint density at radius 1 is 1.44 bits per heavy atom. The van der Waals surface area contributed by atoms with Gasteiger partial charge in [0.15, 0.2) is 0 Å². The van der Waals surface area contributed by atoms with Crippen molar-refractivity contribution in [2.24, 2.45) is 11.7 Å². The minimum Gasteiger partial charge on any atom is -0.368 e. The first-order valence-electron chi connectivity index (χ1n) is 6.61. The summed E-state index contributed by atoms with van der Waals surface area (Å²) in [5.74, 6) is 0.619. The van der Waals surface area contributed by atoms with E-state index in [1.807, 2.05) is 0 Å². The highest BCUT2D eigenvalue weighted by Crippen LogP contribution is 2.34. The number of rotatable bonds is 5. The predicted octanol–water partition coefficient (Wildman–Crippen LogP) is 2.20. The number of nitrogens with one attached hydrogen (secondary N) is 1. The summed E-state index contributed by atoms with van der Waals surface area (Å²) in [6.07, 6.45) is 6.33. The largest absolute Gasteiger partial charge is 0.368 e. The fourth-order valence-corrected chi connectivity index (χ4v) is 2.61. The van der Waals surface area contributed by atoms with Crippen LogP contribution in [-0.2, 0) is 4.79 Å². The molecule has 1 fully saturated rings. The minimum atomic E-state index is -0.429. The molecule has 1 saturated carbocycles. The van der Waals surface area contributed by atoms with Crippen molar-refractivity contribution < 1.29 is 4.79 Å². The Morgan fingerprint density at radius 2 is 2.00 bits per heavy atom. The number of amides is 1. The number of carbonyl (C=O) groups excluding carboxylic acids is 1. The van der Waals surface area contributed by atoms with Gasteiger partial charge in [-0.25, -0.2) is 0 Å². The summed E-state index contributed by atoms with van der Waals surface area (Å²) >= 11 is 0. The van der Waals surface area contributed by atoms with Crippen LogP contribution in [0.25, 0.3) is 0 Å². The van der Waals surface area contributed by atoms with Gasteiger partial charge >= 0.3 is 0 Å². The molecule has 1 unspecified atom stereocenters. The molecule has 3 heteroatoms. The van der Waals surface area contributed by atoms with E-state index in [9.17, 15) is 4.79 Å². The van der Waals surface area contributed by atoms with E-state index in [1.165, 1.54) is 6.42 Å². The van der Waals surface area contributed by atoms with E-state index in [4.69, 9.17) is 5.73 Å². The molecule has 0 aromatic carbocycles. The third kappa shape index (κ3) is 2.97. The molecule has 1 atom stereocenters. The lowest BCUT2D eigenvalue weighted by atomic mass is 9.74. The summed E-state index contributed by atoms with van der Waals surface area (Å²) in [4.78, 5) is 11.7. The molecule has 3 N–H and O–H groups in total. The van der Waals surface area contributed by atoms with Crippen molar-refractivity contribution in [3.63, 3.8) is 0 Å². The summed E-state index contributed by atoms with van der Waals surface area (Å²) in [7, 11) is 0. The third-order valence-corrected chi connectivity index (χ3v) is 4.14. The fourth-order valence-electron chi connectivity index (χ4n) is 2.61. The van der Waals surface area contributed by atoms with Crippen molar-refractivity contribution in [1.29, 1.82) is 0 Å². The van der Waals surface area contributed by atoms with Gasteiger partial charge in [-0.3, -0.25) is 4.79 Å². The first kappa shape index (κ1) is 13.5. The molecular formula is C13H26N2O. The van der Waals surface area contributed by atoms with E-state index in [0.717, 1.165) is 38.0 Å². The molecule has 1 aliphatic carbocycles. The molecule has 16 heavy (non-hydrogen) atoms. The zero-order valence-electron chi connectivity index (χ0n) is 10.9. The SMILES string of the molecule is CCC1CCC(NC(C)CC)(C(N)=O)CC1. The third-order valence-electron chi connectivity index (χ3n) is 4.14. The highest BCUT2D eigenvalue weighted by molar-refractivity contribution is 5.84. The van der Waals surface area contributed by atoms with Crippen LogP contribution in [0.5, 0.6) is 0 Å². The fraction of sp³-hybridized carbons (Fsp3) is 0.923. The van der Waals surface area contributed by atoms with E-state index in [1.54, 1.807) is 0 Å². The molecule has 1 rings (SSSR count). The lowest BCUT2D eigenvalue weighted by Gasteiger charge is -2.40. The van der Waals surface area contributed by atoms with Crippen LogP contribution < -0.4 is 11.1 Å². The van der Waals surface area contributed by atoms with Crippen LogP contribution in [0.1, 0.15) is 59.3 Å². The first-order valence-corrected chi connectivity index (χ1v) is 6.61. The lowest BCUT2D eigenvalue weighted by Crippen LogP contribution is -2.59. The first-order chi connectivity index (χ1) is 7.54. The highest BCUT2D eigenvalue weighted by Gasteiger charge is 2.40. The van der Waals surface area contributed by atoms with Gasteiger partial charge in [-0.15, -0.1) is 0 Å². The van der Waals surface area contributed by atoms with Gasteiger partial charge in [-0.2, -0.15) is 0 Å². The summed E-state index contributed by atoms with van der Waals surface area (Å²) in [5, 5.41) is 3.45. The molecular weight excluding hydrogens is 200 g/mol. The topological polar surface area (TPSA) is 55.1 Å². The molecule has 3 nitrogen and oxygen atoms in total. The Labute approximate surface area is 99.2 Å². The Kier molecular flexibility index (Phi) is 4.78. The average molecular weight is 226 g/mol. The van der Waals surface area contributed by atoms with Crippen LogP contribution >= 0.6 is 0 Å². The number of hydrogen-bond acceptors (Lipinski definition) is 2. The molecule has 0 bridgehead atoms. The Morgan fingerprint density at radius 3 is 2.38 bits per heavy atom. The summed E-state index contributed by atoms with van der Waals surface area (Å²) in [6, 6.07) is 0.366. The monoisotopic (exact) mass is 226 g/mol. The van der Waals surface area contributed by atoms with E-state index < -0.39 is 5.54 Å². The number of primary amides is 1. The lowest BCUT2D eigenvalue weighted by molar-refractivity contribution is -0.126. The van der Waals surface area contributed by atoms with Crippen molar-refractivity contribution in [1.82, 2.24) is 5.32 Å². The van der Waals surface area contributed by atoms with Gasteiger partial charge in [0, 0.05) is 6.04 Å². The molecule has 0 aliphatic heterocycles. The molecule has 0 spiro atoms. The second-order valence-electron chi connectivity index (χ2n) is 5.25. The summed E-state index contributed by atoms with van der Waals surface area (Å²) < 4.78 is 0.